The van der Waals surface area contributed by atoms with E-state index in [2.05, 4.69) is 25.2 Å². The number of carbonyl (C=O) groups is 1. The number of aryl methyl sites for hydroxylation is 1. The van der Waals surface area contributed by atoms with E-state index >= 15 is 0 Å². The van der Waals surface area contributed by atoms with Crippen molar-refractivity contribution in [3.63, 3.8) is 0 Å². The van der Waals surface area contributed by atoms with Crippen LogP contribution in [0.3, 0.4) is 0 Å². The molecule has 0 spiro atoms. The number of para-hydroxylation sites is 1. The largest absolute Gasteiger partial charge is 0.324 e. The molecule has 3 rings (SSSR count). The third-order valence-electron chi connectivity index (χ3n) is 4.51. The molecule has 0 saturated carbocycles. The van der Waals surface area contributed by atoms with Crippen LogP contribution in [0.4, 0.5) is 5.69 Å². The Kier molecular flexibility index (Phi) is 6.36. The summed E-state index contributed by atoms with van der Waals surface area (Å²) in [5, 5.41) is 2.91. The van der Waals surface area contributed by atoms with Crippen molar-refractivity contribution in [2.45, 2.75) is 36.8 Å². The standard InChI is InChI=1S/C24H25NOS/c1-17(2)21-16-10-11-18(3)22(21)25-24(26)23(19-12-6-4-7-13-19)27-20-14-8-5-9-15-20/h4-17,23H,1-3H3,(H,25,26). The Morgan fingerprint density at radius 3 is 2.11 bits per heavy atom. The van der Waals surface area contributed by atoms with E-state index < -0.39 is 0 Å². The Balaban J connectivity index is 1.92. The van der Waals surface area contributed by atoms with Gasteiger partial charge in [0, 0.05) is 10.6 Å². The molecule has 1 unspecified atom stereocenters. The first-order valence-electron chi connectivity index (χ1n) is 9.23. The number of rotatable bonds is 6. The molecule has 3 heteroatoms. The highest BCUT2D eigenvalue weighted by Gasteiger charge is 2.23. The third kappa shape index (κ3) is 4.81. The Bertz CT molecular complexity index is 891. The Hall–Kier alpha value is -2.52. The zero-order valence-corrected chi connectivity index (χ0v) is 16.8. The van der Waals surface area contributed by atoms with Gasteiger partial charge >= 0.3 is 0 Å². The quantitative estimate of drug-likeness (QED) is 0.492. The summed E-state index contributed by atoms with van der Waals surface area (Å²) in [5.74, 6) is 0.350. The average molecular weight is 376 g/mol. The van der Waals surface area contributed by atoms with Gasteiger partial charge in [0.15, 0.2) is 0 Å². The normalized spacial score (nSPS) is 12.0. The molecule has 2 nitrogen and oxygen atoms in total. The number of anilines is 1. The smallest absolute Gasteiger partial charge is 0.242 e. The third-order valence-corrected chi connectivity index (χ3v) is 5.78. The van der Waals surface area contributed by atoms with E-state index in [0.717, 1.165) is 21.7 Å². The molecule has 0 heterocycles. The molecule has 0 aliphatic carbocycles. The predicted octanol–water partition coefficient (Wildman–Crippen LogP) is 6.59. The summed E-state index contributed by atoms with van der Waals surface area (Å²) in [6, 6.07) is 26.2. The fourth-order valence-corrected chi connectivity index (χ4v) is 4.11. The Labute approximate surface area is 166 Å². The fraction of sp³-hybridized carbons (Fsp3) is 0.208. The summed E-state index contributed by atoms with van der Waals surface area (Å²) in [6.07, 6.45) is 0. The molecule has 3 aromatic rings. The minimum absolute atomic E-state index is 0.00579. The number of amides is 1. The van der Waals surface area contributed by atoms with Crippen LogP contribution in [0.2, 0.25) is 0 Å². The van der Waals surface area contributed by atoms with Gasteiger partial charge in [0.1, 0.15) is 5.25 Å². The molecule has 1 atom stereocenters. The van der Waals surface area contributed by atoms with Crippen LogP contribution in [0.5, 0.6) is 0 Å². The van der Waals surface area contributed by atoms with E-state index in [1.807, 2.05) is 79.7 Å². The lowest BCUT2D eigenvalue weighted by Crippen LogP contribution is -2.20. The monoisotopic (exact) mass is 375 g/mol. The van der Waals surface area contributed by atoms with E-state index in [1.54, 1.807) is 11.8 Å². The number of benzene rings is 3. The topological polar surface area (TPSA) is 29.1 Å². The molecule has 0 aliphatic heterocycles. The minimum Gasteiger partial charge on any atom is -0.324 e. The number of hydrogen-bond acceptors (Lipinski definition) is 2. The molecule has 0 aromatic heterocycles. The van der Waals surface area contributed by atoms with Crippen LogP contribution in [-0.4, -0.2) is 5.91 Å². The van der Waals surface area contributed by atoms with Crippen molar-refractivity contribution in [3.05, 3.63) is 95.6 Å². The van der Waals surface area contributed by atoms with Gasteiger partial charge in [-0.3, -0.25) is 4.79 Å². The highest BCUT2D eigenvalue weighted by atomic mass is 32.2. The number of carbonyl (C=O) groups excluding carboxylic acids is 1. The SMILES string of the molecule is Cc1cccc(C(C)C)c1NC(=O)C(Sc1ccccc1)c1ccccc1. The highest BCUT2D eigenvalue weighted by molar-refractivity contribution is 8.00. The van der Waals surface area contributed by atoms with Gasteiger partial charge in [0.25, 0.3) is 0 Å². The Morgan fingerprint density at radius 2 is 1.48 bits per heavy atom. The van der Waals surface area contributed by atoms with Gasteiger partial charge in [-0.15, -0.1) is 11.8 Å². The molecule has 0 saturated heterocycles. The lowest BCUT2D eigenvalue weighted by molar-refractivity contribution is -0.115. The summed E-state index contributed by atoms with van der Waals surface area (Å²) in [7, 11) is 0. The second-order valence-corrected chi connectivity index (χ2v) is 8.08. The number of thioether (sulfide) groups is 1. The van der Waals surface area contributed by atoms with Crippen LogP contribution < -0.4 is 5.32 Å². The van der Waals surface area contributed by atoms with Gasteiger partial charge in [0.05, 0.1) is 0 Å². The average Bonchev–Trinajstić information content (AvgIpc) is 2.69. The molecule has 1 amide bonds. The molecule has 3 aromatic carbocycles. The van der Waals surface area contributed by atoms with Crippen molar-refractivity contribution in [1.29, 1.82) is 0 Å². The van der Waals surface area contributed by atoms with E-state index in [1.165, 1.54) is 5.56 Å². The van der Waals surface area contributed by atoms with Gasteiger partial charge in [-0.05, 0) is 41.7 Å². The van der Waals surface area contributed by atoms with Gasteiger partial charge in [-0.25, -0.2) is 0 Å². The first kappa shape index (κ1) is 19.2. The molecule has 138 valence electrons. The van der Waals surface area contributed by atoms with Crippen molar-refractivity contribution < 1.29 is 4.79 Å². The molecule has 0 aliphatic rings. The lowest BCUT2D eigenvalue weighted by atomic mass is 9.98. The van der Waals surface area contributed by atoms with Crippen molar-refractivity contribution in [3.8, 4) is 0 Å². The molecule has 0 radical (unpaired) electrons. The van der Waals surface area contributed by atoms with Crippen molar-refractivity contribution in [1.82, 2.24) is 0 Å². The molecular weight excluding hydrogens is 350 g/mol. The molecule has 0 bridgehead atoms. The fourth-order valence-electron chi connectivity index (χ4n) is 3.07. The van der Waals surface area contributed by atoms with Crippen LogP contribution >= 0.6 is 11.8 Å². The van der Waals surface area contributed by atoms with Crippen LogP contribution in [0.25, 0.3) is 0 Å². The molecule has 1 N–H and O–H groups in total. The van der Waals surface area contributed by atoms with Crippen molar-refractivity contribution in [2.75, 3.05) is 5.32 Å². The van der Waals surface area contributed by atoms with E-state index in [4.69, 9.17) is 0 Å². The predicted molar refractivity (Wildman–Crippen MR) is 115 cm³/mol. The maximum atomic E-state index is 13.3. The van der Waals surface area contributed by atoms with Gasteiger partial charge < -0.3 is 5.32 Å². The van der Waals surface area contributed by atoms with Gasteiger partial charge in [0.2, 0.25) is 5.91 Å². The van der Waals surface area contributed by atoms with E-state index in [0.29, 0.717) is 5.92 Å². The molecular formula is C24H25NOS. The zero-order valence-electron chi connectivity index (χ0n) is 16.0. The summed E-state index contributed by atoms with van der Waals surface area (Å²) in [4.78, 5) is 14.4. The van der Waals surface area contributed by atoms with Crippen LogP contribution in [0.1, 0.15) is 41.7 Å². The second kappa shape index (κ2) is 8.92. The first-order chi connectivity index (χ1) is 13.1. The number of hydrogen-bond donors (Lipinski definition) is 1. The Morgan fingerprint density at radius 1 is 0.852 bits per heavy atom. The molecule has 27 heavy (non-hydrogen) atoms. The van der Waals surface area contributed by atoms with E-state index in [-0.39, 0.29) is 11.2 Å². The maximum absolute atomic E-state index is 13.3. The first-order valence-corrected chi connectivity index (χ1v) is 10.1. The van der Waals surface area contributed by atoms with Crippen LogP contribution in [0.15, 0.2) is 83.8 Å². The van der Waals surface area contributed by atoms with Crippen molar-refractivity contribution in [2.24, 2.45) is 0 Å². The molecule has 0 fully saturated rings. The highest BCUT2D eigenvalue weighted by Crippen LogP contribution is 2.37. The summed E-state index contributed by atoms with van der Waals surface area (Å²) < 4.78 is 0. The van der Waals surface area contributed by atoms with Gasteiger partial charge in [-0.2, -0.15) is 0 Å². The van der Waals surface area contributed by atoms with E-state index in [9.17, 15) is 4.79 Å². The lowest BCUT2D eigenvalue weighted by Gasteiger charge is -2.21. The number of nitrogens with one attached hydrogen (secondary N) is 1. The summed E-state index contributed by atoms with van der Waals surface area (Å²) in [5.41, 5.74) is 4.20. The summed E-state index contributed by atoms with van der Waals surface area (Å²) in [6.45, 7) is 6.35. The van der Waals surface area contributed by atoms with Gasteiger partial charge in [-0.1, -0.05) is 80.6 Å². The minimum atomic E-state index is -0.312. The summed E-state index contributed by atoms with van der Waals surface area (Å²) >= 11 is 1.58. The maximum Gasteiger partial charge on any atom is 0.242 e. The van der Waals surface area contributed by atoms with Crippen LogP contribution in [0, 0.1) is 6.92 Å². The second-order valence-electron chi connectivity index (χ2n) is 6.90. The zero-order chi connectivity index (χ0) is 19.2. The van der Waals surface area contributed by atoms with Crippen LogP contribution in [-0.2, 0) is 4.79 Å². The van der Waals surface area contributed by atoms with Crippen molar-refractivity contribution >= 4 is 23.4 Å².